The van der Waals surface area contributed by atoms with Gasteiger partial charge >= 0.3 is 0 Å². The second kappa shape index (κ2) is 4.86. The van der Waals surface area contributed by atoms with Crippen LogP contribution in [0.4, 0.5) is 8.78 Å². The molecular weight excluding hydrogens is 244 g/mol. The third-order valence-electron chi connectivity index (χ3n) is 4.95. The van der Waals surface area contributed by atoms with E-state index in [-0.39, 0.29) is 11.2 Å². The van der Waals surface area contributed by atoms with Crippen LogP contribution in [0, 0.1) is 17.6 Å². The molecule has 104 valence electrons. The highest BCUT2D eigenvalue weighted by atomic mass is 19.1. The molecule has 2 atom stereocenters. The minimum Gasteiger partial charge on any atom is -0.313 e. The summed E-state index contributed by atoms with van der Waals surface area (Å²) >= 11 is 0. The number of hydrogen-bond acceptors (Lipinski definition) is 1. The summed E-state index contributed by atoms with van der Waals surface area (Å²) in [4.78, 5) is 0. The van der Waals surface area contributed by atoms with Gasteiger partial charge in [-0.3, -0.25) is 0 Å². The minimum absolute atomic E-state index is 0.152. The van der Waals surface area contributed by atoms with E-state index in [1.54, 1.807) is 6.07 Å². The lowest BCUT2D eigenvalue weighted by atomic mass is 9.72. The van der Waals surface area contributed by atoms with Crippen LogP contribution in [0.25, 0.3) is 0 Å². The molecule has 19 heavy (non-hydrogen) atoms. The summed E-state index contributed by atoms with van der Waals surface area (Å²) in [7, 11) is 0. The van der Waals surface area contributed by atoms with E-state index in [9.17, 15) is 8.78 Å². The fourth-order valence-electron chi connectivity index (χ4n) is 3.51. The van der Waals surface area contributed by atoms with Crippen LogP contribution in [-0.4, -0.2) is 12.6 Å². The molecule has 0 radical (unpaired) electrons. The average Bonchev–Trinajstić information content (AvgIpc) is 3.12. The Kier molecular flexibility index (Phi) is 3.34. The van der Waals surface area contributed by atoms with E-state index >= 15 is 0 Å². The maximum Gasteiger partial charge on any atom is 0.129 e. The zero-order valence-electron chi connectivity index (χ0n) is 11.4. The van der Waals surface area contributed by atoms with Gasteiger partial charge < -0.3 is 5.32 Å². The smallest absolute Gasteiger partial charge is 0.129 e. The molecule has 3 heteroatoms. The van der Waals surface area contributed by atoms with Gasteiger partial charge in [0.25, 0.3) is 0 Å². The molecule has 1 aromatic carbocycles. The summed E-state index contributed by atoms with van der Waals surface area (Å²) in [6.45, 7) is 3.02. The highest BCUT2D eigenvalue weighted by Gasteiger charge is 2.44. The van der Waals surface area contributed by atoms with Crippen molar-refractivity contribution in [2.75, 3.05) is 6.54 Å². The quantitative estimate of drug-likeness (QED) is 0.873. The van der Waals surface area contributed by atoms with Crippen LogP contribution in [0.2, 0.25) is 0 Å². The van der Waals surface area contributed by atoms with Crippen LogP contribution >= 0.6 is 0 Å². The molecule has 2 aliphatic carbocycles. The maximum absolute atomic E-state index is 14.2. The van der Waals surface area contributed by atoms with E-state index in [2.05, 4.69) is 12.2 Å². The lowest BCUT2D eigenvalue weighted by Crippen LogP contribution is -2.41. The lowest BCUT2D eigenvalue weighted by Gasteiger charge is -2.35. The summed E-state index contributed by atoms with van der Waals surface area (Å²) in [5, 5.41) is 3.55. The van der Waals surface area contributed by atoms with Gasteiger partial charge in [0.1, 0.15) is 11.6 Å². The third-order valence-corrected chi connectivity index (χ3v) is 4.95. The average molecular weight is 265 g/mol. The molecule has 0 spiro atoms. The topological polar surface area (TPSA) is 12.0 Å². The maximum atomic E-state index is 14.2. The largest absolute Gasteiger partial charge is 0.313 e. The van der Waals surface area contributed by atoms with Crippen LogP contribution in [0.5, 0.6) is 0 Å². The molecule has 2 aliphatic rings. The van der Waals surface area contributed by atoms with Crippen LogP contribution in [0.1, 0.15) is 44.6 Å². The van der Waals surface area contributed by atoms with Crippen LogP contribution in [-0.2, 0) is 5.41 Å². The molecule has 0 amide bonds. The summed E-state index contributed by atoms with van der Waals surface area (Å²) in [5.41, 5.74) is 0.549. The van der Waals surface area contributed by atoms with Gasteiger partial charge in [-0.15, -0.1) is 0 Å². The van der Waals surface area contributed by atoms with Crippen LogP contribution < -0.4 is 5.32 Å². The second-order valence-corrected chi connectivity index (χ2v) is 6.23. The van der Waals surface area contributed by atoms with Crippen molar-refractivity contribution >= 4 is 0 Å². The number of nitrogens with one attached hydrogen (secondary N) is 1. The Morgan fingerprint density at radius 1 is 1.26 bits per heavy atom. The molecule has 2 saturated carbocycles. The zero-order valence-corrected chi connectivity index (χ0v) is 11.4. The molecule has 1 N–H and O–H groups in total. The van der Waals surface area contributed by atoms with Crippen molar-refractivity contribution in [2.24, 2.45) is 5.92 Å². The first kappa shape index (κ1) is 13.0. The number of benzene rings is 1. The molecule has 0 saturated heterocycles. The van der Waals surface area contributed by atoms with Crippen LogP contribution in [0.3, 0.4) is 0 Å². The molecule has 0 bridgehead atoms. The first-order valence-corrected chi connectivity index (χ1v) is 7.31. The van der Waals surface area contributed by atoms with Gasteiger partial charge in [-0.1, -0.05) is 19.4 Å². The lowest BCUT2D eigenvalue weighted by molar-refractivity contribution is 0.305. The van der Waals surface area contributed by atoms with Crippen molar-refractivity contribution in [1.82, 2.24) is 5.32 Å². The molecule has 1 nitrogen and oxygen atoms in total. The van der Waals surface area contributed by atoms with Gasteiger partial charge in [0.2, 0.25) is 0 Å². The fraction of sp³-hybridized carbons (Fsp3) is 0.625. The minimum atomic E-state index is -0.489. The van der Waals surface area contributed by atoms with Gasteiger partial charge in [0.15, 0.2) is 0 Å². The molecule has 0 heterocycles. The number of hydrogen-bond donors (Lipinski definition) is 1. The predicted molar refractivity (Wildman–Crippen MR) is 72.1 cm³/mol. The Balaban J connectivity index is 1.92. The van der Waals surface area contributed by atoms with Gasteiger partial charge in [-0.2, -0.15) is 0 Å². The van der Waals surface area contributed by atoms with Crippen molar-refractivity contribution in [3.8, 4) is 0 Å². The summed E-state index contributed by atoms with van der Waals surface area (Å²) in [5.74, 6) is -0.428. The van der Waals surface area contributed by atoms with Crippen LogP contribution in [0.15, 0.2) is 18.2 Å². The van der Waals surface area contributed by atoms with Gasteiger partial charge in [0.05, 0.1) is 0 Å². The van der Waals surface area contributed by atoms with Crippen molar-refractivity contribution < 1.29 is 8.78 Å². The Hall–Kier alpha value is -0.960. The highest BCUT2D eigenvalue weighted by Crippen LogP contribution is 2.46. The van der Waals surface area contributed by atoms with Gasteiger partial charge in [-0.25, -0.2) is 8.78 Å². The molecule has 2 fully saturated rings. The van der Waals surface area contributed by atoms with E-state index < -0.39 is 5.82 Å². The summed E-state index contributed by atoms with van der Waals surface area (Å²) in [6, 6.07) is 4.69. The van der Waals surface area contributed by atoms with Crippen molar-refractivity contribution in [2.45, 2.75) is 50.5 Å². The molecule has 1 aromatic rings. The Bertz CT molecular complexity index is 470. The molecule has 0 aliphatic heterocycles. The molecule has 2 unspecified atom stereocenters. The van der Waals surface area contributed by atoms with E-state index in [0.29, 0.717) is 17.5 Å². The van der Waals surface area contributed by atoms with E-state index in [0.717, 1.165) is 31.9 Å². The van der Waals surface area contributed by atoms with Gasteiger partial charge in [0, 0.05) is 24.1 Å². The SMILES string of the molecule is CC1CCCC1(CNC1CC1)c1ccc(F)cc1F. The van der Waals surface area contributed by atoms with E-state index in [4.69, 9.17) is 0 Å². The first-order valence-electron chi connectivity index (χ1n) is 7.31. The zero-order chi connectivity index (χ0) is 13.5. The molecule has 0 aromatic heterocycles. The van der Waals surface area contributed by atoms with E-state index in [1.807, 2.05) is 0 Å². The number of halogens is 2. The van der Waals surface area contributed by atoms with Crippen molar-refractivity contribution in [1.29, 1.82) is 0 Å². The summed E-state index contributed by atoms with van der Waals surface area (Å²) in [6.07, 6.45) is 5.72. The predicted octanol–water partition coefficient (Wildman–Crippen LogP) is 3.77. The Morgan fingerprint density at radius 3 is 2.63 bits per heavy atom. The Labute approximate surface area is 113 Å². The normalized spacial score (nSPS) is 30.8. The standard InChI is InChI=1S/C16H21F2N/c1-11-3-2-8-16(11,10-19-13-5-6-13)14-7-4-12(17)9-15(14)18/h4,7,9,11,13,19H,2-3,5-6,8,10H2,1H3. The first-order chi connectivity index (χ1) is 9.12. The summed E-state index contributed by atoms with van der Waals surface area (Å²) < 4.78 is 27.3. The molecule has 3 rings (SSSR count). The Morgan fingerprint density at radius 2 is 2.05 bits per heavy atom. The second-order valence-electron chi connectivity index (χ2n) is 6.23. The fourth-order valence-corrected chi connectivity index (χ4v) is 3.51. The number of rotatable bonds is 4. The molecular formula is C16H21F2N. The monoisotopic (exact) mass is 265 g/mol. The van der Waals surface area contributed by atoms with Gasteiger partial charge in [-0.05, 0) is 43.2 Å². The van der Waals surface area contributed by atoms with Crippen molar-refractivity contribution in [3.05, 3.63) is 35.4 Å². The van der Waals surface area contributed by atoms with Crippen molar-refractivity contribution in [3.63, 3.8) is 0 Å². The highest BCUT2D eigenvalue weighted by molar-refractivity contribution is 5.31. The van der Waals surface area contributed by atoms with E-state index in [1.165, 1.54) is 18.9 Å². The third kappa shape index (κ3) is 2.40.